The third-order valence-corrected chi connectivity index (χ3v) is 5.31. The van der Waals surface area contributed by atoms with E-state index in [0.717, 1.165) is 44.2 Å². The van der Waals surface area contributed by atoms with Crippen molar-refractivity contribution in [1.29, 1.82) is 0 Å². The SMILES string of the molecule is COc1cccc(CNc2cc(C(N)=O)c(C)cc2C(=O)NCCN2CCOCC2)c1. The smallest absolute Gasteiger partial charge is 0.253 e. The van der Waals surface area contributed by atoms with Crippen molar-refractivity contribution in [3.05, 3.63) is 58.7 Å². The Morgan fingerprint density at radius 3 is 2.65 bits per heavy atom. The van der Waals surface area contributed by atoms with Crippen LogP contribution in [0.4, 0.5) is 5.69 Å². The van der Waals surface area contributed by atoms with E-state index in [1.807, 2.05) is 24.3 Å². The summed E-state index contributed by atoms with van der Waals surface area (Å²) in [7, 11) is 1.62. The lowest BCUT2D eigenvalue weighted by Gasteiger charge is -2.26. The molecule has 0 aromatic heterocycles. The number of primary amides is 1. The van der Waals surface area contributed by atoms with E-state index in [-0.39, 0.29) is 5.91 Å². The fourth-order valence-electron chi connectivity index (χ4n) is 3.53. The number of morpholine rings is 1. The summed E-state index contributed by atoms with van der Waals surface area (Å²) in [6.07, 6.45) is 0. The number of nitrogens with one attached hydrogen (secondary N) is 2. The van der Waals surface area contributed by atoms with Crippen LogP contribution in [0, 0.1) is 6.92 Å². The maximum atomic E-state index is 12.9. The Hall–Kier alpha value is -3.10. The number of rotatable bonds is 9. The molecule has 1 aliphatic heterocycles. The maximum absolute atomic E-state index is 12.9. The number of nitrogens with zero attached hydrogens (tertiary/aromatic N) is 1. The first-order chi connectivity index (χ1) is 15.0. The zero-order valence-electron chi connectivity index (χ0n) is 18.1. The van der Waals surface area contributed by atoms with Crippen LogP contribution in [0.5, 0.6) is 5.75 Å². The van der Waals surface area contributed by atoms with E-state index in [2.05, 4.69) is 15.5 Å². The van der Waals surface area contributed by atoms with Crippen molar-refractivity contribution in [2.24, 2.45) is 5.73 Å². The molecule has 31 heavy (non-hydrogen) atoms. The molecule has 0 radical (unpaired) electrons. The first kappa shape index (κ1) is 22.6. The van der Waals surface area contributed by atoms with Gasteiger partial charge in [0.1, 0.15) is 5.75 Å². The number of aryl methyl sites for hydroxylation is 1. The molecule has 2 aromatic rings. The Balaban J connectivity index is 1.73. The lowest BCUT2D eigenvalue weighted by atomic mass is 10.0. The van der Waals surface area contributed by atoms with Gasteiger partial charge in [-0.15, -0.1) is 0 Å². The summed E-state index contributed by atoms with van der Waals surface area (Å²) in [4.78, 5) is 27.0. The molecule has 0 atom stereocenters. The normalized spacial score (nSPS) is 14.1. The highest BCUT2D eigenvalue weighted by Crippen LogP contribution is 2.23. The summed E-state index contributed by atoms with van der Waals surface area (Å²) in [5.74, 6) is 0.0313. The molecule has 166 valence electrons. The molecule has 8 heteroatoms. The van der Waals surface area contributed by atoms with E-state index in [9.17, 15) is 9.59 Å². The molecule has 0 spiro atoms. The largest absolute Gasteiger partial charge is 0.497 e. The highest BCUT2D eigenvalue weighted by atomic mass is 16.5. The van der Waals surface area contributed by atoms with Gasteiger partial charge in [0, 0.05) is 44.0 Å². The van der Waals surface area contributed by atoms with Gasteiger partial charge in [0.15, 0.2) is 0 Å². The molecule has 0 aliphatic carbocycles. The van der Waals surface area contributed by atoms with Crippen molar-refractivity contribution >= 4 is 17.5 Å². The molecule has 4 N–H and O–H groups in total. The van der Waals surface area contributed by atoms with Crippen molar-refractivity contribution < 1.29 is 19.1 Å². The molecule has 8 nitrogen and oxygen atoms in total. The number of methoxy groups -OCH3 is 1. The number of amides is 2. The fourth-order valence-corrected chi connectivity index (χ4v) is 3.53. The Kier molecular flexibility index (Phi) is 7.86. The molecular formula is C23H30N4O4. The summed E-state index contributed by atoms with van der Waals surface area (Å²) in [5, 5.41) is 6.25. The average Bonchev–Trinajstić information content (AvgIpc) is 2.78. The van der Waals surface area contributed by atoms with Gasteiger partial charge in [0.05, 0.1) is 25.9 Å². The lowest BCUT2D eigenvalue weighted by Crippen LogP contribution is -2.41. The second kappa shape index (κ2) is 10.8. The Morgan fingerprint density at radius 1 is 1.16 bits per heavy atom. The predicted molar refractivity (Wildman–Crippen MR) is 120 cm³/mol. The minimum Gasteiger partial charge on any atom is -0.497 e. The lowest BCUT2D eigenvalue weighted by molar-refractivity contribution is 0.0383. The molecule has 1 aliphatic rings. The van der Waals surface area contributed by atoms with Gasteiger partial charge in [-0.25, -0.2) is 0 Å². The molecule has 0 bridgehead atoms. The minimum absolute atomic E-state index is 0.194. The van der Waals surface area contributed by atoms with E-state index < -0.39 is 5.91 Å². The van der Waals surface area contributed by atoms with Gasteiger partial charge in [0.25, 0.3) is 5.91 Å². The van der Waals surface area contributed by atoms with E-state index in [1.54, 1.807) is 26.2 Å². The summed E-state index contributed by atoms with van der Waals surface area (Å²) < 4.78 is 10.6. The molecule has 0 saturated carbocycles. The number of ether oxygens (including phenoxy) is 2. The van der Waals surface area contributed by atoms with Crippen LogP contribution >= 0.6 is 0 Å². The topological polar surface area (TPSA) is 106 Å². The molecular weight excluding hydrogens is 396 g/mol. The highest BCUT2D eigenvalue weighted by Gasteiger charge is 2.17. The van der Waals surface area contributed by atoms with Gasteiger partial charge in [-0.1, -0.05) is 12.1 Å². The second-order valence-electron chi connectivity index (χ2n) is 7.49. The quantitative estimate of drug-likeness (QED) is 0.564. The van der Waals surface area contributed by atoms with Crippen molar-refractivity contribution in [1.82, 2.24) is 10.2 Å². The molecule has 1 saturated heterocycles. The van der Waals surface area contributed by atoms with E-state index >= 15 is 0 Å². The van der Waals surface area contributed by atoms with Crippen LogP contribution in [0.2, 0.25) is 0 Å². The summed E-state index contributed by atoms with van der Waals surface area (Å²) in [5.41, 5.74) is 8.60. The predicted octanol–water partition coefficient (Wildman–Crippen LogP) is 1.78. The zero-order valence-corrected chi connectivity index (χ0v) is 18.1. The molecule has 2 amide bonds. The van der Waals surface area contributed by atoms with Crippen LogP contribution in [-0.2, 0) is 11.3 Å². The average molecular weight is 427 g/mol. The first-order valence-electron chi connectivity index (χ1n) is 10.4. The van der Waals surface area contributed by atoms with E-state index in [1.165, 1.54) is 0 Å². The number of hydrogen-bond donors (Lipinski definition) is 3. The van der Waals surface area contributed by atoms with Gasteiger partial charge < -0.3 is 25.8 Å². The first-order valence-corrected chi connectivity index (χ1v) is 10.4. The van der Waals surface area contributed by atoms with Crippen molar-refractivity contribution in [3.8, 4) is 5.75 Å². The van der Waals surface area contributed by atoms with Crippen LogP contribution in [0.25, 0.3) is 0 Å². The maximum Gasteiger partial charge on any atom is 0.253 e. The van der Waals surface area contributed by atoms with Gasteiger partial charge in [-0.05, 0) is 42.3 Å². The number of nitrogens with two attached hydrogens (primary N) is 1. The van der Waals surface area contributed by atoms with Gasteiger partial charge in [-0.3, -0.25) is 14.5 Å². The standard InChI is InChI=1S/C23H30N4O4/c1-16-12-20(23(29)25-6-7-27-8-10-31-11-9-27)21(14-19(16)22(24)28)26-15-17-4-3-5-18(13-17)30-2/h3-5,12-14,26H,6-11,15H2,1-2H3,(H2,24,28)(H,25,29). The van der Waals surface area contributed by atoms with E-state index in [0.29, 0.717) is 35.5 Å². The van der Waals surface area contributed by atoms with Gasteiger partial charge in [-0.2, -0.15) is 0 Å². The molecule has 0 unspecified atom stereocenters. The monoisotopic (exact) mass is 426 g/mol. The van der Waals surface area contributed by atoms with Gasteiger partial charge >= 0.3 is 0 Å². The number of carbonyl (C=O) groups excluding carboxylic acids is 2. The molecule has 1 fully saturated rings. The minimum atomic E-state index is -0.527. The fraction of sp³-hybridized carbons (Fsp3) is 0.391. The molecule has 1 heterocycles. The van der Waals surface area contributed by atoms with Crippen LogP contribution in [0.15, 0.2) is 36.4 Å². The number of carbonyl (C=O) groups is 2. The Bertz CT molecular complexity index is 926. The molecule has 3 rings (SSSR count). The van der Waals surface area contributed by atoms with Crippen molar-refractivity contribution in [2.75, 3.05) is 51.8 Å². The highest BCUT2D eigenvalue weighted by molar-refractivity contribution is 6.03. The summed E-state index contributed by atoms with van der Waals surface area (Å²) >= 11 is 0. The van der Waals surface area contributed by atoms with Crippen LogP contribution in [-0.4, -0.2) is 63.2 Å². The van der Waals surface area contributed by atoms with Crippen molar-refractivity contribution in [3.63, 3.8) is 0 Å². The zero-order chi connectivity index (χ0) is 22.2. The number of benzene rings is 2. The third-order valence-electron chi connectivity index (χ3n) is 5.31. The van der Waals surface area contributed by atoms with Crippen LogP contribution in [0.3, 0.4) is 0 Å². The Morgan fingerprint density at radius 2 is 1.94 bits per heavy atom. The van der Waals surface area contributed by atoms with Crippen LogP contribution in [0.1, 0.15) is 31.8 Å². The van der Waals surface area contributed by atoms with E-state index in [4.69, 9.17) is 15.2 Å². The van der Waals surface area contributed by atoms with Crippen LogP contribution < -0.4 is 21.1 Å². The number of anilines is 1. The third kappa shape index (κ3) is 6.19. The second-order valence-corrected chi connectivity index (χ2v) is 7.49. The summed E-state index contributed by atoms with van der Waals surface area (Å²) in [6, 6.07) is 11.0. The molecule has 2 aromatic carbocycles. The van der Waals surface area contributed by atoms with Gasteiger partial charge in [0.2, 0.25) is 5.91 Å². The summed E-state index contributed by atoms with van der Waals surface area (Å²) in [6.45, 7) is 6.72. The Labute approximate surface area is 182 Å². The van der Waals surface area contributed by atoms with Crippen molar-refractivity contribution in [2.45, 2.75) is 13.5 Å². The number of hydrogen-bond acceptors (Lipinski definition) is 6.